The number of carbonyl (C=O) groups is 1. The molecule has 35 heavy (non-hydrogen) atoms. The van der Waals surface area contributed by atoms with Gasteiger partial charge in [0, 0.05) is 0 Å². The third-order valence-corrected chi connectivity index (χ3v) is 11.8. The third kappa shape index (κ3) is 4.79. The van der Waals surface area contributed by atoms with Crippen molar-refractivity contribution >= 4 is 44.3 Å². The summed E-state index contributed by atoms with van der Waals surface area (Å²) in [4.78, 5) is 26.0. The van der Waals surface area contributed by atoms with Gasteiger partial charge in [-0.2, -0.15) is 0 Å². The quantitative estimate of drug-likeness (QED) is 0.339. The Kier molecular flexibility index (Phi) is 6.21. The van der Waals surface area contributed by atoms with Gasteiger partial charge in [0.05, 0.1) is 11.5 Å². The molecule has 3 aromatic rings. The first-order valence-electron chi connectivity index (χ1n) is 12.0. The van der Waals surface area contributed by atoms with E-state index in [1.165, 1.54) is 9.99 Å². The summed E-state index contributed by atoms with van der Waals surface area (Å²) in [5.74, 6) is 0.818. The number of nitrogens with one attached hydrogen (secondary N) is 1. The Morgan fingerprint density at radius 2 is 1.83 bits per heavy atom. The first-order valence-corrected chi connectivity index (χ1v) is 16.9. The fourth-order valence-corrected chi connectivity index (χ4v) is 8.60. The number of H-pyrrole nitrogens is 1. The molecule has 0 radical (unpaired) electrons. The van der Waals surface area contributed by atoms with Crippen molar-refractivity contribution < 1.29 is 34.4 Å². The Morgan fingerprint density at radius 1 is 1.09 bits per heavy atom. The predicted octanol–water partition coefficient (Wildman–Crippen LogP) is 0.575. The number of imidazole rings is 1. The second-order valence-corrected chi connectivity index (χ2v) is 15.5. The number of aromatic nitrogens is 2. The van der Waals surface area contributed by atoms with Gasteiger partial charge >= 0.3 is 173 Å². The topological polar surface area (TPSA) is 86.4 Å². The molecule has 3 saturated heterocycles. The van der Waals surface area contributed by atoms with Gasteiger partial charge in [-0.1, -0.05) is 6.07 Å². The van der Waals surface area contributed by atoms with Crippen molar-refractivity contribution in [1.82, 2.24) is 14.9 Å². The Balaban J connectivity index is 1.27. The Hall–Kier alpha value is -1.85. The van der Waals surface area contributed by atoms with Crippen LogP contribution >= 0.6 is 11.6 Å². The number of hydrogen-bond donors (Lipinski definition) is 1. The van der Waals surface area contributed by atoms with Crippen molar-refractivity contribution in [2.24, 2.45) is 5.92 Å². The van der Waals surface area contributed by atoms with Gasteiger partial charge in [0.15, 0.2) is 0 Å². The van der Waals surface area contributed by atoms with Gasteiger partial charge in [-0.15, -0.1) is 0 Å². The second kappa shape index (κ2) is 9.23. The molecule has 3 fully saturated rings. The summed E-state index contributed by atoms with van der Waals surface area (Å²) in [5, 5.41) is 0.691. The number of alkyl halides is 2. The van der Waals surface area contributed by atoms with E-state index in [1.807, 2.05) is 23.1 Å². The van der Waals surface area contributed by atoms with Crippen LogP contribution in [-0.4, -0.2) is 64.8 Å². The number of piperazine rings is 1. The zero-order valence-electron chi connectivity index (χ0n) is 19.2. The number of fused-ring (bicyclic) bond motifs is 1. The van der Waals surface area contributed by atoms with E-state index in [2.05, 4.69) is 34.1 Å². The van der Waals surface area contributed by atoms with Crippen molar-refractivity contribution in [3.8, 4) is 0 Å². The minimum absolute atomic E-state index is 0.0680. The van der Waals surface area contributed by atoms with Crippen molar-refractivity contribution in [2.75, 3.05) is 40.5 Å². The minimum atomic E-state index is -3.01. The Labute approximate surface area is 220 Å². The van der Waals surface area contributed by atoms with Gasteiger partial charge in [-0.25, -0.2) is 8.42 Å². The van der Waals surface area contributed by atoms with Crippen LogP contribution in [0.25, 0.3) is 11.0 Å². The van der Waals surface area contributed by atoms with E-state index in [4.69, 9.17) is 16.6 Å². The first kappa shape index (κ1) is 23.5. The normalized spacial score (nSPS) is 24.8. The molecule has 3 aliphatic rings. The van der Waals surface area contributed by atoms with E-state index in [0.29, 0.717) is 62.6 Å². The van der Waals surface area contributed by atoms with Gasteiger partial charge < -0.3 is 0 Å². The van der Waals surface area contributed by atoms with Crippen LogP contribution in [0.3, 0.4) is 0 Å². The van der Waals surface area contributed by atoms with Crippen molar-refractivity contribution in [2.45, 2.75) is 22.8 Å². The monoisotopic (exact) mass is 625 g/mol. The summed E-state index contributed by atoms with van der Waals surface area (Å²) in [6.07, 6.45) is 0.826. The van der Waals surface area contributed by atoms with Crippen molar-refractivity contribution in [3.63, 3.8) is 0 Å². The van der Waals surface area contributed by atoms with Gasteiger partial charge in [0.1, 0.15) is 9.84 Å². The van der Waals surface area contributed by atoms with Crippen LogP contribution in [0, 0.1) is 5.92 Å². The number of aromatic amines is 1. The van der Waals surface area contributed by atoms with Gasteiger partial charge in [0.25, 0.3) is 0 Å². The van der Waals surface area contributed by atoms with Crippen LogP contribution in [0.2, 0.25) is 5.02 Å². The van der Waals surface area contributed by atoms with E-state index in [9.17, 15) is 13.2 Å². The van der Waals surface area contributed by atoms with Crippen LogP contribution in [0.15, 0.2) is 42.5 Å². The average Bonchev–Trinajstić information content (AvgIpc) is 3.62. The van der Waals surface area contributed by atoms with Crippen molar-refractivity contribution in [1.29, 1.82) is 0 Å². The SMILES string of the molecule is O=C(C1CCS(=O)(=O)CC1)N1CCN(c2nc3c(Cl)cc(C4C[I-]4)cc3[nH]2)CC1c1ccccc1. The van der Waals surface area contributed by atoms with Crippen LogP contribution in [0.4, 0.5) is 5.95 Å². The number of anilines is 1. The van der Waals surface area contributed by atoms with E-state index in [-0.39, 0.29) is 29.4 Å². The molecule has 4 heterocycles. The molecule has 1 amide bonds. The van der Waals surface area contributed by atoms with E-state index in [0.717, 1.165) is 22.5 Å². The molecule has 7 nitrogen and oxygen atoms in total. The molecule has 2 unspecified atom stereocenters. The number of carbonyl (C=O) groups excluding carboxylic acids is 1. The zero-order valence-corrected chi connectivity index (χ0v) is 22.9. The molecule has 2 aromatic carbocycles. The molecule has 1 N–H and O–H groups in total. The summed E-state index contributed by atoms with van der Waals surface area (Å²) in [6.45, 7) is 1.82. The molecular formula is C25H27ClIN4O3S-. The third-order valence-electron chi connectivity index (χ3n) is 7.27. The Bertz CT molecular complexity index is 1360. The summed E-state index contributed by atoms with van der Waals surface area (Å²) in [7, 11) is -3.01. The van der Waals surface area contributed by atoms with Crippen LogP contribution in [-0.2, 0) is 14.6 Å². The summed E-state index contributed by atoms with van der Waals surface area (Å²) in [5.41, 5.74) is 4.15. The number of amides is 1. The fraction of sp³-hybridized carbons (Fsp3) is 0.440. The fourth-order valence-electron chi connectivity index (χ4n) is 5.21. The number of nitrogens with zero attached hydrogens (tertiary/aromatic N) is 3. The number of halogens is 2. The van der Waals surface area contributed by atoms with Crippen molar-refractivity contribution in [3.05, 3.63) is 58.6 Å². The second-order valence-electron chi connectivity index (χ2n) is 9.57. The van der Waals surface area contributed by atoms with Crippen LogP contribution in [0.1, 0.15) is 33.9 Å². The van der Waals surface area contributed by atoms with E-state index in [1.54, 1.807) is 0 Å². The first-order chi connectivity index (χ1) is 16.9. The molecule has 0 saturated carbocycles. The summed E-state index contributed by atoms with van der Waals surface area (Å²) >= 11 is 6.89. The number of benzene rings is 2. The molecule has 10 heteroatoms. The summed E-state index contributed by atoms with van der Waals surface area (Å²) < 4.78 is 25.8. The molecule has 0 spiro atoms. The molecule has 2 atom stereocenters. The maximum atomic E-state index is 13.6. The maximum absolute atomic E-state index is 13.6. The predicted molar refractivity (Wildman–Crippen MR) is 133 cm³/mol. The number of sulfone groups is 1. The summed E-state index contributed by atoms with van der Waals surface area (Å²) in [6, 6.07) is 14.2. The molecule has 1 aromatic heterocycles. The molecule has 186 valence electrons. The molecule has 0 aliphatic carbocycles. The molecule has 6 rings (SSSR count). The van der Waals surface area contributed by atoms with Crippen LogP contribution < -0.4 is 26.1 Å². The molecule has 0 bridgehead atoms. The zero-order chi connectivity index (χ0) is 24.2. The van der Waals surface area contributed by atoms with Gasteiger partial charge in [-0.3, -0.25) is 0 Å². The Morgan fingerprint density at radius 3 is 2.54 bits per heavy atom. The van der Waals surface area contributed by atoms with Gasteiger partial charge in [-0.05, 0) is 12.8 Å². The van der Waals surface area contributed by atoms with Gasteiger partial charge in [0.2, 0.25) is 0 Å². The van der Waals surface area contributed by atoms with E-state index >= 15 is 0 Å². The molecular weight excluding hydrogens is 599 g/mol. The number of hydrogen-bond acceptors (Lipinski definition) is 5. The standard InChI is InChI=1S/C25H27ClIN4O3S/c26-19-12-18(20-14-27-20)13-21-23(19)29-25(28-21)30-8-9-31(22(15-30)16-4-2-1-3-5-16)24(32)17-6-10-35(33,34)11-7-17/h1-5,12-13,17,20,22H,6-11,14-15H2,(H,28,29)/q-1. The van der Waals surface area contributed by atoms with E-state index < -0.39 is 9.84 Å². The van der Waals surface area contributed by atoms with Crippen LogP contribution in [0.5, 0.6) is 0 Å². The average molecular weight is 626 g/mol. The molecule has 3 aliphatic heterocycles. The number of rotatable bonds is 4.